The lowest BCUT2D eigenvalue weighted by Gasteiger charge is -2.18. The number of nitrogens with zero attached hydrogens (tertiary/aromatic N) is 1. The molecule has 0 bridgehead atoms. The predicted octanol–water partition coefficient (Wildman–Crippen LogP) is 5.25. The van der Waals surface area contributed by atoms with E-state index in [4.69, 9.17) is 0 Å². The van der Waals surface area contributed by atoms with Crippen LogP contribution in [-0.4, -0.2) is 23.3 Å². The summed E-state index contributed by atoms with van der Waals surface area (Å²) in [5, 5.41) is 0. The number of rotatable bonds is 11. The Bertz CT molecular complexity index is 455. The van der Waals surface area contributed by atoms with Crippen molar-refractivity contribution in [1.82, 2.24) is 4.90 Å². The van der Waals surface area contributed by atoms with Gasteiger partial charge in [0.1, 0.15) is 0 Å². The number of fused-ring (bicyclic) bond motifs is 1. The van der Waals surface area contributed by atoms with Crippen LogP contribution in [0.1, 0.15) is 90.9 Å². The minimum Gasteiger partial charge on any atom is -0.282 e. The highest BCUT2D eigenvalue weighted by molar-refractivity contribution is 6.06. The molecule has 0 aromatic carbocycles. The van der Waals surface area contributed by atoms with Crippen LogP contribution in [0.25, 0.3) is 0 Å². The Morgan fingerprint density at radius 2 is 1.50 bits per heavy atom. The number of imide groups is 1. The van der Waals surface area contributed by atoms with E-state index in [1.54, 1.807) is 4.90 Å². The first-order chi connectivity index (χ1) is 11.6. The monoisotopic (exact) mass is 333 g/mol. The van der Waals surface area contributed by atoms with Crippen molar-refractivity contribution in [3.8, 4) is 0 Å². The first kappa shape index (κ1) is 19.2. The zero-order chi connectivity index (χ0) is 17.4. The molecule has 136 valence electrons. The van der Waals surface area contributed by atoms with E-state index >= 15 is 0 Å². The fourth-order valence-corrected chi connectivity index (χ4v) is 4.06. The molecule has 0 aromatic heterocycles. The smallest absolute Gasteiger partial charge is 0.236 e. The van der Waals surface area contributed by atoms with Gasteiger partial charge in [-0.1, -0.05) is 76.4 Å². The molecule has 2 aliphatic rings. The molecule has 2 unspecified atom stereocenters. The Morgan fingerprint density at radius 1 is 0.917 bits per heavy atom. The lowest BCUT2D eigenvalue weighted by atomic mass is 9.83. The van der Waals surface area contributed by atoms with E-state index in [1.165, 1.54) is 56.9 Å². The van der Waals surface area contributed by atoms with Crippen LogP contribution in [0, 0.1) is 11.8 Å². The Morgan fingerprint density at radius 3 is 2.12 bits per heavy atom. The zero-order valence-electron chi connectivity index (χ0n) is 15.7. The summed E-state index contributed by atoms with van der Waals surface area (Å²) in [6.07, 6.45) is 16.6. The lowest BCUT2D eigenvalue weighted by molar-refractivity contribution is -0.139. The fourth-order valence-electron chi connectivity index (χ4n) is 4.06. The number of likely N-dealkylation sites (tertiary alicyclic amines) is 1. The molecule has 3 nitrogen and oxygen atoms in total. The van der Waals surface area contributed by atoms with Crippen LogP contribution in [0.5, 0.6) is 0 Å². The highest BCUT2D eigenvalue weighted by Crippen LogP contribution is 2.36. The zero-order valence-corrected chi connectivity index (χ0v) is 15.7. The molecule has 2 amide bonds. The molecule has 1 saturated heterocycles. The molecule has 3 heteroatoms. The second-order valence-electron chi connectivity index (χ2n) is 7.69. The van der Waals surface area contributed by atoms with E-state index in [2.05, 4.69) is 13.8 Å². The van der Waals surface area contributed by atoms with Gasteiger partial charge in [0.15, 0.2) is 0 Å². The lowest BCUT2D eigenvalue weighted by Crippen LogP contribution is -2.32. The van der Waals surface area contributed by atoms with Crippen molar-refractivity contribution in [1.29, 1.82) is 0 Å². The molecule has 0 saturated carbocycles. The van der Waals surface area contributed by atoms with Gasteiger partial charge in [0.25, 0.3) is 0 Å². The highest BCUT2D eigenvalue weighted by Gasteiger charge is 2.46. The minimum absolute atomic E-state index is 0.0555. The third-order valence-corrected chi connectivity index (χ3v) is 5.62. The van der Waals surface area contributed by atoms with Crippen LogP contribution in [0.15, 0.2) is 11.6 Å². The number of hydrogen-bond donors (Lipinski definition) is 0. The summed E-state index contributed by atoms with van der Waals surface area (Å²) >= 11 is 0. The molecular formula is C21H35NO2. The normalized spacial score (nSPS) is 23.6. The maximum atomic E-state index is 12.4. The van der Waals surface area contributed by atoms with Gasteiger partial charge in [-0.25, -0.2) is 0 Å². The van der Waals surface area contributed by atoms with E-state index in [0.717, 1.165) is 25.7 Å². The van der Waals surface area contributed by atoms with Crippen molar-refractivity contribution >= 4 is 11.8 Å². The molecule has 1 aliphatic carbocycles. The highest BCUT2D eigenvalue weighted by atomic mass is 16.2. The summed E-state index contributed by atoms with van der Waals surface area (Å²) in [7, 11) is 0. The maximum absolute atomic E-state index is 12.4. The average Bonchev–Trinajstić information content (AvgIpc) is 2.80. The summed E-state index contributed by atoms with van der Waals surface area (Å²) < 4.78 is 0. The van der Waals surface area contributed by atoms with Crippen molar-refractivity contribution in [3.63, 3.8) is 0 Å². The summed E-state index contributed by atoms with van der Waals surface area (Å²) in [4.78, 5) is 26.4. The Labute approximate surface area is 147 Å². The average molecular weight is 334 g/mol. The van der Waals surface area contributed by atoms with E-state index in [0.29, 0.717) is 6.54 Å². The number of unbranched alkanes of at least 4 members (excludes halogenated alkanes) is 9. The second-order valence-corrected chi connectivity index (χ2v) is 7.69. The van der Waals surface area contributed by atoms with Gasteiger partial charge < -0.3 is 0 Å². The van der Waals surface area contributed by atoms with Gasteiger partial charge in [0, 0.05) is 6.54 Å². The van der Waals surface area contributed by atoms with Gasteiger partial charge >= 0.3 is 0 Å². The predicted molar refractivity (Wildman–Crippen MR) is 98.5 cm³/mol. The topological polar surface area (TPSA) is 37.4 Å². The maximum Gasteiger partial charge on any atom is 0.236 e. The number of allylic oxidation sites excluding steroid dienone is 1. The molecule has 2 atom stereocenters. The number of hydrogen-bond acceptors (Lipinski definition) is 2. The van der Waals surface area contributed by atoms with Crippen LogP contribution in [0.2, 0.25) is 0 Å². The van der Waals surface area contributed by atoms with Crippen LogP contribution in [0.3, 0.4) is 0 Å². The Kier molecular flexibility index (Phi) is 8.01. The Hall–Kier alpha value is -1.12. The third-order valence-electron chi connectivity index (χ3n) is 5.62. The number of carbonyl (C=O) groups excluding carboxylic acids is 2. The summed E-state index contributed by atoms with van der Waals surface area (Å²) in [5.74, 6) is -0.0802. The van der Waals surface area contributed by atoms with Gasteiger partial charge in [-0.3, -0.25) is 14.5 Å². The molecule has 24 heavy (non-hydrogen) atoms. The Balaban J connectivity index is 1.58. The molecule has 0 radical (unpaired) electrons. The van der Waals surface area contributed by atoms with Crippen molar-refractivity contribution in [2.45, 2.75) is 90.9 Å². The van der Waals surface area contributed by atoms with Crippen molar-refractivity contribution in [2.24, 2.45) is 11.8 Å². The summed E-state index contributed by atoms with van der Waals surface area (Å²) in [5.41, 5.74) is 1.26. The van der Waals surface area contributed by atoms with Crippen molar-refractivity contribution in [2.75, 3.05) is 6.54 Å². The van der Waals surface area contributed by atoms with Gasteiger partial charge in [-0.15, -0.1) is 0 Å². The van der Waals surface area contributed by atoms with Gasteiger partial charge in [0.2, 0.25) is 11.8 Å². The molecule has 0 aromatic rings. The van der Waals surface area contributed by atoms with E-state index in [1.807, 2.05) is 6.08 Å². The summed E-state index contributed by atoms with van der Waals surface area (Å²) in [6.45, 7) is 4.95. The quantitative estimate of drug-likeness (QED) is 0.294. The second kappa shape index (κ2) is 10.0. The minimum atomic E-state index is -0.158. The molecule has 0 spiro atoms. The van der Waals surface area contributed by atoms with Crippen LogP contribution >= 0.6 is 0 Å². The van der Waals surface area contributed by atoms with Crippen LogP contribution < -0.4 is 0 Å². The number of carbonyl (C=O) groups is 2. The first-order valence-electron chi connectivity index (χ1n) is 10.2. The molecular weight excluding hydrogens is 298 g/mol. The van der Waals surface area contributed by atoms with Gasteiger partial charge in [-0.2, -0.15) is 0 Å². The molecule has 1 heterocycles. The van der Waals surface area contributed by atoms with E-state index in [-0.39, 0.29) is 23.7 Å². The van der Waals surface area contributed by atoms with E-state index < -0.39 is 0 Å². The van der Waals surface area contributed by atoms with Crippen molar-refractivity contribution in [3.05, 3.63) is 11.6 Å². The number of amides is 2. The fraction of sp³-hybridized carbons (Fsp3) is 0.810. The van der Waals surface area contributed by atoms with Gasteiger partial charge in [-0.05, 0) is 26.2 Å². The van der Waals surface area contributed by atoms with E-state index in [9.17, 15) is 9.59 Å². The molecule has 1 aliphatic heterocycles. The van der Waals surface area contributed by atoms with Crippen LogP contribution in [-0.2, 0) is 9.59 Å². The first-order valence-corrected chi connectivity index (χ1v) is 10.2. The molecule has 2 rings (SSSR count). The standard InChI is InChI=1S/C21H35NO2/c1-3-4-5-6-7-8-9-10-11-12-15-22-20(23)18-14-13-17(2)16-19(18)21(22)24/h16,18-19H,3-15H2,1-2H3. The summed E-state index contributed by atoms with van der Waals surface area (Å²) in [6, 6.07) is 0. The third kappa shape index (κ3) is 5.19. The largest absolute Gasteiger partial charge is 0.282 e. The molecule has 0 N–H and O–H groups in total. The molecule has 1 fully saturated rings. The van der Waals surface area contributed by atoms with Crippen molar-refractivity contribution < 1.29 is 9.59 Å². The van der Waals surface area contributed by atoms with Gasteiger partial charge in [0.05, 0.1) is 11.8 Å². The van der Waals surface area contributed by atoms with Crippen LogP contribution in [0.4, 0.5) is 0 Å². The SMILES string of the molecule is CCCCCCCCCCCCN1C(=O)C2C=C(C)CCC2C1=O.